The number of benzene rings is 1. The van der Waals surface area contributed by atoms with Gasteiger partial charge in [-0.15, -0.1) is 5.10 Å². The molecule has 2 heterocycles. The van der Waals surface area contributed by atoms with E-state index in [1.807, 2.05) is 41.9 Å². The number of para-hydroxylation sites is 1. The van der Waals surface area contributed by atoms with E-state index in [1.165, 1.54) is 0 Å². The van der Waals surface area contributed by atoms with Gasteiger partial charge in [0.15, 0.2) is 0 Å². The minimum absolute atomic E-state index is 0.0963. The molecule has 1 aromatic carbocycles. The molecule has 2 unspecified atom stereocenters. The Morgan fingerprint density at radius 3 is 2.86 bits per heavy atom. The summed E-state index contributed by atoms with van der Waals surface area (Å²) in [5.41, 5.74) is 2.83. The van der Waals surface area contributed by atoms with Gasteiger partial charge >= 0.3 is 5.97 Å². The Bertz CT molecular complexity index is 654. The van der Waals surface area contributed by atoms with E-state index in [9.17, 15) is 9.90 Å². The summed E-state index contributed by atoms with van der Waals surface area (Å²) in [7, 11) is 0. The van der Waals surface area contributed by atoms with E-state index >= 15 is 0 Å². The molecular weight excluding hydrogens is 282 g/mol. The van der Waals surface area contributed by atoms with Crippen molar-refractivity contribution in [2.75, 3.05) is 0 Å². The van der Waals surface area contributed by atoms with Gasteiger partial charge < -0.3 is 9.84 Å². The number of aromatic nitrogens is 3. The summed E-state index contributed by atoms with van der Waals surface area (Å²) in [6.45, 7) is 1.92. The smallest absolute Gasteiger partial charge is 0.308 e. The van der Waals surface area contributed by atoms with Gasteiger partial charge in [0.05, 0.1) is 29.6 Å². The lowest BCUT2D eigenvalue weighted by Gasteiger charge is -2.25. The number of carbonyl (C=O) groups excluding carboxylic acids is 1. The lowest BCUT2D eigenvalue weighted by atomic mass is 10.0. The summed E-state index contributed by atoms with van der Waals surface area (Å²) in [6.07, 6.45) is 1.11. The van der Waals surface area contributed by atoms with E-state index in [1.54, 1.807) is 0 Å². The van der Waals surface area contributed by atoms with Crippen molar-refractivity contribution in [1.29, 1.82) is 0 Å². The van der Waals surface area contributed by atoms with Gasteiger partial charge in [0.1, 0.15) is 6.10 Å². The Labute approximate surface area is 128 Å². The Hall–Kier alpha value is -2.21. The number of esters is 1. The third-order valence-corrected chi connectivity index (χ3v) is 3.90. The predicted molar refractivity (Wildman–Crippen MR) is 79.5 cm³/mol. The van der Waals surface area contributed by atoms with E-state index in [0.717, 1.165) is 17.1 Å². The monoisotopic (exact) mass is 301 g/mol. The molecule has 0 bridgehead atoms. The topological polar surface area (TPSA) is 77.2 Å². The largest absolute Gasteiger partial charge is 0.462 e. The molecule has 0 aliphatic carbocycles. The number of hydrogen-bond donors (Lipinski definition) is 1. The second-order valence-electron chi connectivity index (χ2n) is 5.61. The molecule has 0 amide bonds. The zero-order valence-electron chi connectivity index (χ0n) is 12.5. The molecule has 0 spiro atoms. The zero-order valence-corrected chi connectivity index (χ0v) is 12.5. The minimum atomic E-state index is -0.593. The van der Waals surface area contributed by atoms with E-state index in [-0.39, 0.29) is 18.5 Å². The molecule has 1 saturated heterocycles. The normalized spacial score (nSPS) is 21.6. The second kappa shape index (κ2) is 6.27. The maximum absolute atomic E-state index is 11.4. The van der Waals surface area contributed by atoms with Gasteiger partial charge in [-0.05, 0) is 31.9 Å². The maximum atomic E-state index is 11.4. The molecule has 1 fully saturated rings. The number of cyclic esters (lactones) is 1. The standard InChI is InChI=1S/C16H19N3O3/c1-11-15(8-7-14-9-13(20)10-16(21)22-14)19(18-17-11)12-5-3-2-4-6-12/h2-6,13-14,20H,7-10H2,1H3. The van der Waals surface area contributed by atoms with Crippen molar-refractivity contribution in [3.8, 4) is 5.69 Å². The van der Waals surface area contributed by atoms with Gasteiger partial charge in [-0.3, -0.25) is 4.79 Å². The first-order valence-corrected chi connectivity index (χ1v) is 7.47. The fourth-order valence-electron chi connectivity index (χ4n) is 2.78. The summed E-state index contributed by atoms with van der Waals surface area (Å²) in [6, 6.07) is 9.81. The van der Waals surface area contributed by atoms with Crippen LogP contribution in [0.5, 0.6) is 0 Å². The Morgan fingerprint density at radius 2 is 2.14 bits per heavy atom. The molecule has 0 saturated carbocycles. The van der Waals surface area contributed by atoms with E-state index in [0.29, 0.717) is 19.3 Å². The number of aliphatic hydroxyl groups is 1. The number of carbonyl (C=O) groups is 1. The molecule has 22 heavy (non-hydrogen) atoms. The van der Waals surface area contributed by atoms with Crippen LogP contribution < -0.4 is 0 Å². The van der Waals surface area contributed by atoms with Gasteiger partial charge in [0.2, 0.25) is 0 Å². The average molecular weight is 301 g/mol. The molecule has 3 rings (SSSR count). The minimum Gasteiger partial charge on any atom is -0.462 e. The fraction of sp³-hybridized carbons (Fsp3) is 0.438. The maximum Gasteiger partial charge on any atom is 0.308 e. The van der Waals surface area contributed by atoms with Crippen LogP contribution in [-0.4, -0.2) is 38.3 Å². The Kier molecular flexibility index (Phi) is 4.20. The number of rotatable bonds is 4. The highest BCUT2D eigenvalue weighted by Crippen LogP contribution is 2.21. The molecule has 0 radical (unpaired) electrons. The van der Waals surface area contributed by atoms with Crippen molar-refractivity contribution >= 4 is 5.97 Å². The van der Waals surface area contributed by atoms with Gasteiger partial charge in [-0.25, -0.2) is 4.68 Å². The highest BCUT2D eigenvalue weighted by atomic mass is 16.5. The third-order valence-electron chi connectivity index (χ3n) is 3.90. The van der Waals surface area contributed by atoms with Crippen molar-refractivity contribution in [2.24, 2.45) is 0 Å². The summed E-state index contributed by atoms with van der Waals surface area (Å²) < 4.78 is 7.11. The van der Waals surface area contributed by atoms with Gasteiger partial charge in [-0.1, -0.05) is 23.4 Å². The van der Waals surface area contributed by atoms with Crippen LogP contribution in [0, 0.1) is 6.92 Å². The van der Waals surface area contributed by atoms with Crippen molar-refractivity contribution < 1.29 is 14.6 Å². The molecule has 1 aromatic heterocycles. The number of aryl methyl sites for hydroxylation is 1. The SMILES string of the molecule is Cc1nnn(-c2ccccc2)c1CCC1CC(O)CC(=O)O1. The van der Waals surface area contributed by atoms with Crippen LogP contribution in [0.15, 0.2) is 30.3 Å². The predicted octanol–water partition coefficient (Wildman–Crippen LogP) is 1.57. The van der Waals surface area contributed by atoms with Gasteiger partial charge in [-0.2, -0.15) is 0 Å². The number of nitrogens with zero attached hydrogens (tertiary/aromatic N) is 3. The lowest BCUT2D eigenvalue weighted by Crippen LogP contribution is -2.33. The number of aliphatic hydroxyl groups excluding tert-OH is 1. The summed E-state index contributed by atoms with van der Waals surface area (Å²) in [5.74, 6) is -0.324. The molecule has 1 aliphatic heterocycles. The third kappa shape index (κ3) is 3.17. The first-order valence-electron chi connectivity index (χ1n) is 7.47. The van der Waals surface area contributed by atoms with Crippen LogP contribution in [0.25, 0.3) is 5.69 Å². The lowest BCUT2D eigenvalue weighted by molar-refractivity contribution is -0.160. The van der Waals surface area contributed by atoms with Crippen LogP contribution in [0.4, 0.5) is 0 Å². The molecule has 1 aliphatic rings. The number of hydrogen-bond acceptors (Lipinski definition) is 5. The van der Waals surface area contributed by atoms with Gasteiger partial charge in [0, 0.05) is 6.42 Å². The first-order chi connectivity index (χ1) is 10.6. The van der Waals surface area contributed by atoms with Crippen LogP contribution in [-0.2, 0) is 16.0 Å². The van der Waals surface area contributed by atoms with Crippen molar-refractivity contribution in [1.82, 2.24) is 15.0 Å². The highest BCUT2D eigenvalue weighted by molar-refractivity contribution is 5.70. The summed E-state index contributed by atoms with van der Waals surface area (Å²) in [5, 5.41) is 18.0. The van der Waals surface area contributed by atoms with Crippen molar-refractivity contribution in [2.45, 2.75) is 44.8 Å². The molecule has 2 atom stereocenters. The van der Waals surface area contributed by atoms with Crippen molar-refractivity contribution in [3.63, 3.8) is 0 Å². The second-order valence-corrected chi connectivity index (χ2v) is 5.61. The summed E-state index contributed by atoms with van der Waals surface area (Å²) >= 11 is 0. The quantitative estimate of drug-likeness (QED) is 0.867. The average Bonchev–Trinajstić information content (AvgIpc) is 2.86. The molecule has 6 heteroatoms. The van der Waals surface area contributed by atoms with Crippen LogP contribution >= 0.6 is 0 Å². The van der Waals surface area contributed by atoms with Crippen LogP contribution in [0.1, 0.15) is 30.7 Å². The highest BCUT2D eigenvalue weighted by Gasteiger charge is 2.27. The molecule has 116 valence electrons. The number of ether oxygens (including phenoxy) is 1. The van der Waals surface area contributed by atoms with Crippen LogP contribution in [0.3, 0.4) is 0 Å². The molecule has 1 N–H and O–H groups in total. The van der Waals surface area contributed by atoms with E-state index in [2.05, 4.69) is 10.3 Å². The first kappa shape index (κ1) is 14.7. The van der Waals surface area contributed by atoms with Gasteiger partial charge in [0.25, 0.3) is 0 Å². The van der Waals surface area contributed by atoms with Crippen LogP contribution in [0.2, 0.25) is 0 Å². The molecule has 6 nitrogen and oxygen atoms in total. The molecule has 2 aromatic rings. The summed E-state index contributed by atoms with van der Waals surface area (Å²) in [4.78, 5) is 11.4. The Balaban J connectivity index is 1.73. The Morgan fingerprint density at radius 1 is 1.36 bits per heavy atom. The van der Waals surface area contributed by atoms with E-state index in [4.69, 9.17) is 4.74 Å². The molecular formula is C16H19N3O3. The van der Waals surface area contributed by atoms with Crippen molar-refractivity contribution in [3.05, 3.63) is 41.7 Å². The fourth-order valence-corrected chi connectivity index (χ4v) is 2.78. The zero-order chi connectivity index (χ0) is 15.5. The van der Waals surface area contributed by atoms with E-state index < -0.39 is 6.10 Å².